The van der Waals surface area contributed by atoms with Crippen molar-refractivity contribution < 1.29 is 9.59 Å². The molecular weight excluding hydrogens is 342 g/mol. The number of piperazine rings is 1. The van der Waals surface area contributed by atoms with Gasteiger partial charge in [-0.2, -0.15) is 0 Å². The lowest BCUT2D eigenvalue weighted by molar-refractivity contribution is -0.138. The van der Waals surface area contributed by atoms with Crippen molar-refractivity contribution in [2.45, 2.75) is 32.2 Å². The highest BCUT2D eigenvalue weighted by molar-refractivity contribution is 5.99. The Kier molecular flexibility index (Phi) is 5.69. The molecule has 0 saturated carbocycles. The van der Waals surface area contributed by atoms with Crippen LogP contribution >= 0.6 is 0 Å². The van der Waals surface area contributed by atoms with Crippen LogP contribution in [0.3, 0.4) is 0 Å². The number of nitrogen functional groups attached to an aromatic ring is 1. The van der Waals surface area contributed by atoms with E-state index in [9.17, 15) is 9.59 Å². The summed E-state index contributed by atoms with van der Waals surface area (Å²) in [5.74, 6) is 0.114. The van der Waals surface area contributed by atoms with Crippen LogP contribution in [0.5, 0.6) is 0 Å². The number of hydrogen-bond donors (Lipinski definition) is 1. The third kappa shape index (κ3) is 4.07. The van der Waals surface area contributed by atoms with E-state index in [1.54, 1.807) is 35.3 Å². The van der Waals surface area contributed by atoms with Crippen molar-refractivity contribution in [1.29, 1.82) is 0 Å². The summed E-state index contributed by atoms with van der Waals surface area (Å²) in [6.45, 7) is 3.19. The van der Waals surface area contributed by atoms with Crippen molar-refractivity contribution >= 4 is 17.8 Å². The van der Waals surface area contributed by atoms with Crippen LogP contribution in [0.4, 0.5) is 5.95 Å². The topological polar surface area (TPSA) is 92.4 Å². The predicted molar refractivity (Wildman–Crippen MR) is 104 cm³/mol. The molecule has 0 unspecified atom stereocenters. The van der Waals surface area contributed by atoms with Crippen molar-refractivity contribution in [2.24, 2.45) is 0 Å². The summed E-state index contributed by atoms with van der Waals surface area (Å²) in [5.41, 5.74) is 7.73. The van der Waals surface area contributed by atoms with Crippen LogP contribution < -0.4 is 5.73 Å². The van der Waals surface area contributed by atoms with E-state index in [1.807, 2.05) is 18.2 Å². The van der Waals surface area contributed by atoms with Gasteiger partial charge < -0.3 is 15.5 Å². The normalized spacial score (nSPS) is 17.3. The second-order valence-corrected chi connectivity index (χ2v) is 6.83. The fraction of sp³-hybridized carbons (Fsp3) is 0.400. The van der Waals surface area contributed by atoms with Gasteiger partial charge in [0.25, 0.3) is 5.91 Å². The minimum Gasteiger partial charge on any atom is -0.368 e. The van der Waals surface area contributed by atoms with Crippen molar-refractivity contribution in [3.63, 3.8) is 0 Å². The molecule has 1 aromatic heterocycles. The highest BCUT2D eigenvalue weighted by atomic mass is 16.2. The molecular formula is C20H25N5O2. The minimum atomic E-state index is -0.389. The highest BCUT2D eigenvalue weighted by Crippen LogP contribution is 2.23. The molecule has 7 heteroatoms. The number of carbonyl (C=O) groups is 2. The number of unbranched alkanes of at least 4 members (excludes halogenated alkanes) is 1. The number of hydrogen-bond acceptors (Lipinski definition) is 5. The number of aromatic nitrogens is 2. The van der Waals surface area contributed by atoms with Gasteiger partial charge in [0.1, 0.15) is 6.04 Å². The van der Waals surface area contributed by atoms with E-state index in [0.717, 1.165) is 24.0 Å². The van der Waals surface area contributed by atoms with Gasteiger partial charge in [0, 0.05) is 43.7 Å². The Balaban J connectivity index is 1.86. The molecule has 2 N–H and O–H groups in total. The molecule has 1 aliphatic heterocycles. The smallest absolute Gasteiger partial charge is 0.254 e. The molecule has 0 bridgehead atoms. The lowest BCUT2D eigenvalue weighted by Crippen LogP contribution is -2.57. The van der Waals surface area contributed by atoms with Crippen LogP contribution in [-0.4, -0.2) is 57.8 Å². The van der Waals surface area contributed by atoms with Gasteiger partial charge in [0.2, 0.25) is 11.9 Å². The van der Waals surface area contributed by atoms with Gasteiger partial charge in [-0.15, -0.1) is 0 Å². The first-order chi connectivity index (χ1) is 13.0. The Labute approximate surface area is 159 Å². The zero-order valence-electron chi connectivity index (χ0n) is 15.8. The Morgan fingerprint density at radius 2 is 1.96 bits per heavy atom. The number of rotatable bonds is 5. The summed E-state index contributed by atoms with van der Waals surface area (Å²) in [4.78, 5) is 37.2. The Bertz CT molecular complexity index is 821. The molecule has 7 nitrogen and oxygen atoms in total. The van der Waals surface area contributed by atoms with Crippen molar-refractivity contribution in [1.82, 2.24) is 19.8 Å². The van der Waals surface area contributed by atoms with Crippen LogP contribution in [0, 0.1) is 0 Å². The molecule has 142 valence electrons. The van der Waals surface area contributed by atoms with Gasteiger partial charge in [0.05, 0.1) is 0 Å². The summed E-state index contributed by atoms with van der Waals surface area (Å²) >= 11 is 0. The van der Waals surface area contributed by atoms with Crippen LogP contribution in [-0.2, 0) is 4.79 Å². The zero-order valence-corrected chi connectivity index (χ0v) is 15.8. The lowest BCUT2D eigenvalue weighted by Gasteiger charge is -2.39. The molecule has 2 aromatic rings. The standard InChI is InChI=1S/C20H25N5O2/c1-3-4-8-17-19(27)24(2)9-10-25(17)18(26)15-7-5-6-14(11-15)16-12-22-20(21)23-13-16/h5-7,11-13,17H,3-4,8-10H2,1-2H3,(H2,21,22,23)/t17-/m1/s1. The summed E-state index contributed by atoms with van der Waals surface area (Å²) in [7, 11) is 1.80. The lowest BCUT2D eigenvalue weighted by atomic mass is 10.0. The first-order valence-corrected chi connectivity index (χ1v) is 9.25. The highest BCUT2D eigenvalue weighted by Gasteiger charge is 2.35. The minimum absolute atomic E-state index is 0.0196. The maximum atomic E-state index is 13.2. The van der Waals surface area contributed by atoms with Gasteiger partial charge in [-0.25, -0.2) is 9.97 Å². The molecule has 3 rings (SSSR count). The molecule has 0 spiro atoms. The van der Waals surface area contributed by atoms with Gasteiger partial charge in [-0.3, -0.25) is 9.59 Å². The molecule has 0 aliphatic carbocycles. The van der Waals surface area contributed by atoms with E-state index in [0.29, 0.717) is 25.1 Å². The molecule has 0 radical (unpaired) electrons. The maximum absolute atomic E-state index is 13.2. The number of nitrogens with two attached hydrogens (primary N) is 1. The fourth-order valence-corrected chi connectivity index (χ4v) is 3.32. The average Bonchev–Trinajstić information content (AvgIpc) is 2.69. The second kappa shape index (κ2) is 8.16. The third-order valence-corrected chi connectivity index (χ3v) is 4.92. The van der Waals surface area contributed by atoms with Crippen molar-refractivity contribution in [3.05, 3.63) is 42.2 Å². The molecule has 27 heavy (non-hydrogen) atoms. The second-order valence-electron chi connectivity index (χ2n) is 6.83. The van der Waals surface area contributed by atoms with E-state index < -0.39 is 0 Å². The summed E-state index contributed by atoms with van der Waals surface area (Å²) in [6.07, 6.45) is 5.86. The number of nitrogens with zero attached hydrogens (tertiary/aromatic N) is 4. The SMILES string of the molecule is CCCC[C@@H]1C(=O)N(C)CCN1C(=O)c1cccc(-c2cnc(N)nc2)c1. The Hall–Kier alpha value is -2.96. The maximum Gasteiger partial charge on any atom is 0.254 e. The number of amides is 2. The summed E-state index contributed by atoms with van der Waals surface area (Å²) < 4.78 is 0. The first-order valence-electron chi connectivity index (χ1n) is 9.25. The molecule has 2 heterocycles. The van der Waals surface area contributed by atoms with Crippen LogP contribution in [0.1, 0.15) is 36.5 Å². The summed E-state index contributed by atoms with van der Waals surface area (Å²) in [6, 6.07) is 6.94. The van der Waals surface area contributed by atoms with Crippen LogP contribution in [0.15, 0.2) is 36.7 Å². The number of likely N-dealkylation sites (N-methyl/N-ethyl adjacent to an activating group) is 1. The van der Waals surface area contributed by atoms with Gasteiger partial charge in [-0.1, -0.05) is 31.9 Å². The largest absolute Gasteiger partial charge is 0.368 e. The van der Waals surface area contributed by atoms with E-state index in [2.05, 4.69) is 16.9 Å². The molecule has 1 saturated heterocycles. The van der Waals surface area contributed by atoms with Gasteiger partial charge >= 0.3 is 0 Å². The van der Waals surface area contributed by atoms with Gasteiger partial charge in [0.15, 0.2) is 0 Å². The number of anilines is 1. The van der Waals surface area contributed by atoms with Crippen molar-refractivity contribution in [3.8, 4) is 11.1 Å². The van der Waals surface area contributed by atoms with E-state index in [1.165, 1.54) is 0 Å². The monoisotopic (exact) mass is 367 g/mol. The molecule has 1 fully saturated rings. The summed E-state index contributed by atoms with van der Waals surface area (Å²) in [5, 5.41) is 0. The van der Waals surface area contributed by atoms with Gasteiger partial charge in [-0.05, 0) is 24.1 Å². The average molecular weight is 367 g/mol. The number of carbonyl (C=O) groups excluding carboxylic acids is 2. The molecule has 1 aliphatic rings. The van der Waals surface area contributed by atoms with E-state index >= 15 is 0 Å². The third-order valence-electron chi connectivity index (χ3n) is 4.92. The van der Waals surface area contributed by atoms with Crippen LogP contribution in [0.25, 0.3) is 11.1 Å². The zero-order chi connectivity index (χ0) is 19.4. The molecule has 1 aromatic carbocycles. The van der Waals surface area contributed by atoms with E-state index in [-0.39, 0.29) is 23.8 Å². The molecule has 2 amide bonds. The Morgan fingerprint density at radius 3 is 2.67 bits per heavy atom. The first kappa shape index (κ1) is 18.8. The van der Waals surface area contributed by atoms with Crippen LogP contribution in [0.2, 0.25) is 0 Å². The Morgan fingerprint density at radius 1 is 1.22 bits per heavy atom. The van der Waals surface area contributed by atoms with E-state index in [4.69, 9.17) is 5.73 Å². The quantitative estimate of drug-likeness (QED) is 0.874. The number of benzene rings is 1. The molecule has 1 atom stereocenters. The fourth-order valence-electron chi connectivity index (χ4n) is 3.32. The van der Waals surface area contributed by atoms with Crippen molar-refractivity contribution in [2.75, 3.05) is 25.9 Å². The predicted octanol–water partition coefficient (Wildman–Crippen LogP) is 2.20.